The zero-order valence-electron chi connectivity index (χ0n) is 10.3. The number of nitrogens with one attached hydrogen (secondary N) is 1. The highest BCUT2D eigenvalue weighted by atomic mass is 79.9. The van der Waals surface area contributed by atoms with E-state index in [1.165, 1.54) is 28.0 Å². The smallest absolute Gasteiger partial charge is 0.0701 e. The van der Waals surface area contributed by atoms with Crippen LogP contribution in [0.2, 0.25) is 0 Å². The van der Waals surface area contributed by atoms with Crippen LogP contribution < -0.4 is 5.32 Å². The summed E-state index contributed by atoms with van der Waals surface area (Å²) in [5, 5.41) is 3.56. The molecule has 0 aliphatic carbocycles. The highest BCUT2D eigenvalue weighted by Crippen LogP contribution is 2.26. The molecule has 16 heavy (non-hydrogen) atoms. The van der Waals surface area contributed by atoms with Crippen molar-refractivity contribution in [2.24, 2.45) is 0 Å². The Kier molecular flexibility index (Phi) is 6.58. The van der Waals surface area contributed by atoms with Crippen molar-refractivity contribution in [3.8, 4) is 0 Å². The first-order chi connectivity index (χ1) is 7.59. The lowest BCUT2D eigenvalue weighted by molar-refractivity contribution is 0.389. The fraction of sp³-hybridized carbons (Fsp3) is 0.667. The lowest BCUT2D eigenvalue weighted by Gasteiger charge is -2.13. The summed E-state index contributed by atoms with van der Waals surface area (Å²) in [5.41, 5.74) is 0. The first-order valence-electron chi connectivity index (χ1n) is 5.73. The van der Waals surface area contributed by atoms with E-state index < -0.39 is 0 Å². The van der Waals surface area contributed by atoms with Gasteiger partial charge >= 0.3 is 0 Å². The standard InChI is InChI=1S/C12H21BrN2S/c1-10(11-6-7-12(13)16-11)14-8-4-5-9-15(2)3/h6-7,10,14H,4-5,8-9H2,1-3H3. The van der Waals surface area contributed by atoms with E-state index in [0.29, 0.717) is 6.04 Å². The van der Waals surface area contributed by atoms with Crippen LogP contribution >= 0.6 is 27.3 Å². The molecule has 0 spiro atoms. The van der Waals surface area contributed by atoms with Crippen LogP contribution in [0.4, 0.5) is 0 Å². The average molecular weight is 305 g/mol. The van der Waals surface area contributed by atoms with Crippen LogP contribution in [-0.2, 0) is 0 Å². The van der Waals surface area contributed by atoms with Gasteiger partial charge in [-0.05, 0) is 75.0 Å². The minimum absolute atomic E-state index is 0.468. The number of hydrogen-bond acceptors (Lipinski definition) is 3. The van der Waals surface area contributed by atoms with E-state index >= 15 is 0 Å². The first-order valence-corrected chi connectivity index (χ1v) is 7.34. The van der Waals surface area contributed by atoms with Gasteiger partial charge < -0.3 is 10.2 Å². The van der Waals surface area contributed by atoms with E-state index in [2.05, 4.69) is 59.3 Å². The van der Waals surface area contributed by atoms with Gasteiger partial charge in [0.25, 0.3) is 0 Å². The van der Waals surface area contributed by atoms with Gasteiger partial charge in [-0.25, -0.2) is 0 Å². The normalized spacial score (nSPS) is 13.3. The molecule has 0 bridgehead atoms. The Morgan fingerprint density at radius 2 is 2.12 bits per heavy atom. The molecular weight excluding hydrogens is 284 g/mol. The minimum atomic E-state index is 0.468. The van der Waals surface area contributed by atoms with Crippen molar-refractivity contribution in [2.45, 2.75) is 25.8 Å². The van der Waals surface area contributed by atoms with Crippen LogP contribution in [0.3, 0.4) is 0 Å². The maximum absolute atomic E-state index is 3.56. The molecule has 0 saturated carbocycles. The molecule has 1 unspecified atom stereocenters. The second-order valence-corrected chi connectivity index (χ2v) is 6.82. The second kappa shape index (κ2) is 7.43. The Morgan fingerprint density at radius 1 is 1.38 bits per heavy atom. The topological polar surface area (TPSA) is 15.3 Å². The fourth-order valence-electron chi connectivity index (χ4n) is 1.53. The summed E-state index contributed by atoms with van der Waals surface area (Å²) < 4.78 is 1.21. The molecule has 1 heterocycles. The van der Waals surface area contributed by atoms with Crippen molar-refractivity contribution in [1.82, 2.24) is 10.2 Å². The van der Waals surface area contributed by atoms with Gasteiger partial charge in [-0.3, -0.25) is 0 Å². The Bertz CT molecular complexity index is 299. The van der Waals surface area contributed by atoms with Crippen molar-refractivity contribution in [3.63, 3.8) is 0 Å². The zero-order valence-corrected chi connectivity index (χ0v) is 12.7. The molecule has 1 rings (SSSR count). The number of unbranched alkanes of at least 4 members (excludes halogenated alkanes) is 1. The van der Waals surface area contributed by atoms with Crippen LogP contribution in [0.25, 0.3) is 0 Å². The summed E-state index contributed by atoms with van der Waals surface area (Å²) in [6, 6.07) is 4.77. The van der Waals surface area contributed by atoms with E-state index in [-0.39, 0.29) is 0 Å². The van der Waals surface area contributed by atoms with Gasteiger partial charge in [-0.1, -0.05) is 0 Å². The van der Waals surface area contributed by atoms with E-state index in [1.54, 1.807) is 0 Å². The van der Waals surface area contributed by atoms with Crippen molar-refractivity contribution in [3.05, 3.63) is 20.8 Å². The van der Waals surface area contributed by atoms with Crippen LogP contribution in [0.1, 0.15) is 30.7 Å². The predicted molar refractivity (Wildman–Crippen MR) is 76.2 cm³/mol. The van der Waals surface area contributed by atoms with Gasteiger partial charge in [0, 0.05) is 10.9 Å². The fourth-order valence-corrected chi connectivity index (χ4v) is 2.98. The molecule has 0 amide bonds. The molecule has 0 aliphatic rings. The molecule has 0 radical (unpaired) electrons. The Hall–Kier alpha value is 0.1000. The van der Waals surface area contributed by atoms with Crippen molar-refractivity contribution in [1.29, 1.82) is 0 Å². The molecule has 0 fully saturated rings. The second-order valence-electron chi connectivity index (χ2n) is 4.33. The Labute approximate surface area is 111 Å². The number of thiophene rings is 1. The minimum Gasteiger partial charge on any atom is -0.309 e. The quantitative estimate of drug-likeness (QED) is 0.776. The summed E-state index contributed by atoms with van der Waals surface area (Å²) in [6.45, 7) is 4.51. The lowest BCUT2D eigenvalue weighted by atomic mass is 10.2. The molecule has 0 aliphatic heterocycles. The van der Waals surface area contributed by atoms with Crippen LogP contribution in [0.15, 0.2) is 15.9 Å². The van der Waals surface area contributed by atoms with Crippen molar-refractivity contribution >= 4 is 27.3 Å². The summed E-state index contributed by atoms with van der Waals surface area (Å²) >= 11 is 5.31. The van der Waals surface area contributed by atoms with Crippen LogP contribution in [-0.4, -0.2) is 32.1 Å². The summed E-state index contributed by atoms with van der Waals surface area (Å²) in [7, 11) is 4.25. The molecule has 92 valence electrons. The lowest BCUT2D eigenvalue weighted by Crippen LogP contribution is -2.20. The zero-order chi connectivity index (χ0) is 12.0. The maximum atomic E-state index is 3.56. The first kappa shape index (κ1) is 14.2. The van der Waals surface area contributed by atoms with Crippen molar-refractivity contribution < 1.29 is 0 Å². The SMILES string of the molecule is CC(NCCCCN(C)C)c1ccc(Br)s1. The van der Waals surface area contributed by atoms with Gasteiger partial charge in [0.15, 0.2) is 0 Å². The number of rotatable bonds is 7. The molecular formula is C12H21BrN2S. The summed E-state index contributed by atoms with van der Waals surface area (Å²) in [6.07, 6.45) is 2.51. The third kappa shape index (κ3) is 5.43. The molecule has 0 aromatic carbocycles. The number of nitrogens with zero attached hydrogens (tertiary/aromatic N) is 1. The van der Waals surface area contributed by atoms with E-state index in [0.717, 1.165) is 6.54 Å². The number of hydrogen-bond donors (Lipinski definition) is 1. The monoisotopic (exact) mass is 304 g/mol. The highest BCUT2D eigenvalue weighted by Gasteiger charge is 2.06. The third-order valence-electron chi connectivity index (χ3n) is 2.50. The molecule has 1 atom stereocenters. The van der Waals surface area contributed by atoms with Crippen molar-refractivity contribution in [2.75, 3.05) is 27.2 Å². The average Bonchev–Trinajstić information content (AvgIpc) is 2.63. The van der Waals surface area contributed by atoms with Gasteiger partial charge in [-0.15, -0.1) is 11.3 Å². The summed E-state index contributed by atoms with van der Waals surface area (Å²) in [5.74, 6) is 0. The maximum Gasteiger partial charge on any atom is 0.0701 e. The van der Waals surface area contributed by atoms with Crippen LogP contribution in [0.5, 0.6) is 0 Å². The molecule has 2 nitrogen and oxygen atoms in total. The largest absolute Gasteiger partial charge is 0.309 e. The van der Waals surface area contributed by atoms with E-state index in [4.69, 9.17) is 0 Å². The van der Waals surface area contributed by atoms with Gasteiger partial charge in [0.1, 0.15) is 0 Å². The van der Waals surface area contributed by atoms with E-state index in [1.807, 2.05) is 11.3 Å². The third-order valence-corrected chi connectivity index (χ3v) is 4.31. The number of halogens is 1. The predicted octanol–water partition coefficient (Wildman–Crippen LogP) is 3.50. The van der Waals surface area contributed by atoms with Gasteiger partial charge in [0.2, 0.25) is 0 Å². The molecule has 1 aromatic heterocycles. The summed E-state index contributed by atoms with van der Waals surface area (Å²) in [4.78, 5) is 3.64. The highest BCUT2D eigenvalue weighted by molar-refractivity contribution is 9.11. The molecule has 4 heteroatoms. The van der Waals surface area contributed by atoms with Gasteiger partial charge in [-0.2, -0.15) is 0 Å². The molecule has 1 aromatic rings. The Morgan fingerprint density at radius 3 is 2.69 bits per heavy atom. The molecule has 1 N–H and O–H groups in total. The van der Waals surface area contributed by atoms with E-state index in [9.17, 15) is 0 Å². The molecule has 0 saturated heterocycles. The Balaban J connectivity index is 2.13. The van der Waals surface area contributed by atoms with Gasteiger partial charge in [0.05, 0.1) is 3.79 Å². The van der Waals surface area contributed by atoms with Crippen LogP contribution in [0, 0.1) is 0 Å².